The molecule has 27 heavy (non-hydrogen) atoms. The molecule has 0 bridgehead atoms. The fraction of sp³-hybridized carbons (Fsp3) is 0.769. The molecule has 1 nitrogen and oxygen atoms in total. The molecule has 7 atom stereocenters. The second kappa shape index (κ2) is 6.53. The van der Waals surface area contributed by atoms with Gasteiger partial charge in [0.1, 0.15) is 5.75 Å². The van der Waals surface area contributed by atoms with Crippen molar-refractivity contribution < 1.29 is 4.74 Å². The normalized spacial score (nSPS) is 46.3. The Hall–Kier alpha value is -0.980. The third kappa shape index (κ3) is 2.95. The van der Waals surface area contributed by atoms with E-state index in [1.165, 1.54) is 69.8 Å². The van der Waals surface area contributed by atoms with Crippen LogP contribution in [0.4, 0.5) is 0 Å². The Labute approximate surface area is 166 Å². The lowest BCUT2D eigenvalue weighted by molar-refractivity contribution is -0.118. The highest BCUT2D eigenvalue weighted by Gasteiger charge is 2.57. The first kappa shape index (κ1) is 18.1. The van der Waals surface area contributed by atoms with Crippen LogP contribution in [0.3, 0.4) is 0 Å². The number of hydrogen-bond donors (Lipinski definition) is 0. The minimum absolute atomic E-state index is 0.433. The third-order valence-electron chi connectivity index (χ3n) is 9.72. The van der Waals surface area contributed by atoms with Crippen molar-refractivity contribution in [1.29, 1.82) is 0 Å². The van der Waals surface area contributed by atoms with Crippen molar-refractivity contribution in [2.24, 2.45) is 34.5 Å². The molecular weight excluding hydrogens is 328 g/mol. The third-order valence-corrected chi connectivity index (χ3v) is 9.72. The molecule has 148 valence electrons. The van der Waals surface area contributed by atoms with E-state index in [1.54, 1.807) is 0 Å². The Morgan fingerprint density at radius 1 is 0.852 bits per heavy atom. The zero-order valence-electron chi connectivity index (χ0n) is 17.7. The summed E-state index contributed by atoms with van der Waals surface area (Å²) in [4.78, 5) is 0. The Bertz CT molecular complexity index is 678. The monoisotopic (exact) mass is 366 g/mol. The van der Waals surface area contributed by atoms with Crippen LogP contribution in [0.2, 0.25) is 0 Å². The van der Waals surface area contributed by atoms with Gasteiger partial charge in [0.25, 0.3) is 0 Å². The standard InChI is InChI=1S/C26H38O/c1-18-6-9-20(10-7-18)27-21-12-16-26(3)19(17-21)8-11-22-23-5-4-14-25(23,2)15-13-24(22)26/h6-7,9-10,19,21-24H,4-5,8,11-17H2,1-3H3/t19-,21?,22-,23-,24-,25-,26-/m0/s1. The van der Waals surface area contributed by atoms with E-state index in [0.29, 0.717) is 16.9 Å². The van der Waals surface area contributed by atoms with Crippen molar-refractivity contribution >= 4 is 0 Å². The van der Waals surface area contributed by atoms with E-state index < -0.39 is 0 Å². The first-order valence-electron chi connectivity index (χ1n) is 11.7. The summed E-state index contributed by atoms with van der Waals surface area (Å²) in [5, 5.41) is 0. The molecule has 0 radical (unpaired) electrons. The fourth-order valence-corrected chi connectivity index (χ4v) is 8.13. The molecule has 1 aromatic rings. The van der Waals surface area contributed by atoms with Gasteiger partial charge in [-0.05, 0) is 111 Å². The number of rotatable bonds is 2. The molecule has 0 heterocycles. The molecule has 0 amide bonds. The van der Waals surface area contributed by atoms with Crippen LogP contribution in [0.25, 0.3) is 0 Å². The van der Waals surface area contributed by atoms with Crippen LogP contribution in [-0.4, -0.2) is 6.10 Å². The second-order valence-electron chi connectivity index (χ2n) is 11.1. The maximum Gasteiger partial charge on any atom is 0.119 e. The van der Waals surface area contributed by atoms with E-state index in [9.17, 15) is 0 Å². The molecule has 4 saturated carbocycles. The lowest BCUT2D eigenvalue weighted by Gasteiger charge is -2.60. The molecule has 4 fully saturated rings. The Kier molecular flexibility index (Phi) is 4.37. The molecule has 0 aromatic heterocycles. The van der Waals surface area contributed by atoms with Gasteiger partial charge in [0.05, 0.1) is 6.10 Å². The molecule has 1 aromatic carbocycles. The van der Waals surface area contributed by atoms with Gasteiger partial charge in [0.2, 0.25) is 0 Å². The average molecular weight is 367 g/mol. The largest absolute Gasteiger partial charge is 0.490 e. The number of ether oxygens (including phenoxy) is 1. The van der Waals surface area contributed by atoms with Gasteiger partial charge in [-0.2, -0.15) is 0 Å². The highest BCUT2D eigenvalue weighted by Crippen LogP contribution is 2.66. The Morgan fingerprint density at radius 3 is 2.48 bits per heavy atom. The van der Waals surface area contributed by atoms with Crippen molar-refractivity contribution in [2.75, 3.05) is 0 Å². The molecule has 0 spiro atoms. The van der Waals surface area contributed by atoms with Gasteiger partial charge in [-0.15, -0.1) is 0 Å². The molecule has 1 heteroatoms. The predicted octanol–water partition coefficient (Wildman–Crippen LogP) is 7.18. The molecular formula is C26H38O. The average Bonchev–Trinajstić information content (AvgIpc) is 3.06. The van der Waals surface area contributed by atoms with Crippen molar-refractivity contribution in [3.8, 4) is 5.75 Å². The summed E-state index contributed by atoms with van der Waals surface area (Å²) in [6.07, 6.45) is 14.9. The summed E-state index contributed by atoms with van der Waals surface area (Å²) in [5.41, 5.74) is 2.59. The number of hydrogen-bond acceptors (Lipinski definition) is 1. The molecule has 0 saturated heterocycles. The van der Waals surface area contributed by atoms with Crippen molar-refractivity contribution in [2.45, 2.75) is 91.1 Å². The summed E-state index contributed by atoms with van der Waals surface area (Å²) >= 11 is 0. The SMILES string of the molecule is Cc1ccc(OC2CC[C@@]3(C)[C@@H](CC[C@H]4[C@@H]5CCC[C@@]5(C)CC[C@@H]43)C2)cc1. The zero-order chi connectivity index (χ0) is 18.6. The van der Waals surface area contributed by atoms with Crippen LogP contribution < -0.4 is 4.74 Å². The summed E-state index contributed by atoms with van der Waals surface area (Å²) in [7, 11) is 0. The number of fused-ring (bicyclic) bond motifs is 5. The van der Waals surface area contributed by atoms with E-state index in [-0.39, 0.29) is 0 Å². The maximum absolute atomic E-state index is 6.43. The molecule has 0 aliphatic heterocycles. The highest BCUT2D eigenvalue weighted by atomic mass is 16.5. The van der Waals surface area contributed by atoms with Gasteiger partial charge in [-0.1, -0.05) is 38.0 Å². The van der Waals surface area contributed by atoms with Crippen LogP contribution in [-0.2, 0) is 0 Å². The van der Waals surface area contributed by atoms with Crippen LogP contribution >= 0.6 is 0 Å². The van der Waals surface area contributed by atoms with E-state index in [4.69, 9.17) is 4.74 Å². The van der Waals surface area contributed by atoms with E-state index in [0.717, 1.165) is 29.4 Å². The minimum Gasteiger partial charge on any atom is -0.490 e. The van der Waals surface area contributed by atoms with Gasteiger partial charge in [-0.25, -0.2) is 0 Å². The van der Waals surface area contributed by atoms with Crippen molar-refractivity contribution in [1.82, 2.24) is 0 Å². The molecule has 4 aliphatic carbocycles. The van der Waals surface area contributed by atoms with Crippen molar-refractivity contribution in [3.63, 3.8) is 0 Å². The molecule has 4 aliphatic rings. The van der Waals surface area contributed by atoms with E-state index >= 15 is 0 Å². The van der Waals surface area contributed by atoms with E-state index in [2.05, 4.69) is 45.0 Å². The van der Waals surface area contributed by atoms with Crippen LogP contribution in [0.5, 0.6) is 5.75 Å². The zero-order valence-corrected chi connectivity index (χ0v) is 17.7. The van der Waals surface area contributed by atoms with Crippen molar-refractivity contribution in [3.05, 3.63) is 29.8 Å². The van der Waals surface area contributed by atoms with E-state index in [1.807, 2.05) is 0 Å². The first-order valence-corrected chi connectivity index (χ1v) is 11.7. The topological polar surface area (TPSA) is 9.23 Å². The molecule has 5 rings (SSSR count). The lowest BCUT2D eigenvalue weighted by Crippen LogP contribution is -2.53. The van der Waals surface area contributed by atoms with Gasteiger partial charge in [0, 0.05) is 0 Å². The smallest absolute Gasteiger partial charge is 0.119 e. The molecule has 0 N–H and O–H groups in total. The van der Waals surface area contributed by atoms with Crippen LogP contribution in [0, 0.1) is 41.4 Å². The molecule has 1 unspecified atom stereocenters. The minimum atomic E-state index is 0.433. The Morgan fingerprint density at radius 2 is 1.67 bits per heavy atom. The van der Waals surface area contributed by atoms with Gasteiger partial charge in [0.15, 0.2) is 0 Å². The summed E-state index contributed by atoms with van der Waals surface area (Å²) in [5.74, 6) is 5.02. The number of benzene rings is 1. The summed E-state index contributed by atoms with van der Waals surface area (Å²) < 4.78 is 6.43. The van der Waals surface area contributed by atoms with Crippen LogP contribution in [0.15, 0.2) is 24.3 Å². The number of aryl methyl sites for hydroxylation is 1. The van der Waals surface area contributed by atoms with Gasteiger partial charge >= 0.3 is 0 Å². The summed E-state index contributed by atoms with van der Waals surface area (Å²) in [6.45, 7) is 7.45. The maximum atomic E-state index is 6.43. The fourth-order valence-electron chi connectivity index (χ4n) is 8.13. The summed E-state index contributed by atoms with van der Waals surface area (Å²) in [6, 6.07) is 8.66. The lowest BCUT2D eigenvalue weighted by atomic mass is 9.45. The van der Waals surface area contributed by atoms with Gasteiger partial charge in [-0.3, -0.25) is 0 Å². The highest BCUT2D eigenvalue weighted by molar-refractivity contribution is 5.26. The Balaban J connectivity index is 1.30. The quantitative estimate of drug-likeness (QED) is 0.539. The first-order chi connectivity index (χ1) is 13.0. The predicted molar refractivity (Wildman–Crippen MR) is 112 cm³/mol. The van der Waals surface area contributed by atoms with Gasteiger partial charge < -0.3 is 4.74 Å². The van der Waals surface area contributed by atoms with Crippen LogP contribution in [0.1, 0.15) is 83.6 Å². The second-order valence-corrected chi connectivity index (χ2v) is 11.1.